The topological polar surface area (TPSA) is 59.8 Å². The molecule has 1 amide bonds. The molecule has 3 rings (SSSR count). The minimum absolute atomic E-state index is 0.127. The molecule has 0 aliphatic carbocycles. The molecule has 1 unspecified atom stereocenters. The maximum atomic E-state index is 12.4. The zero-order valence-corrected chi connectivity index (χ0v) is 13.0. The van der Waals surface area contributed by atoms with Crippen LogP contribution in [0.3, 0.4) is 0 Å². The van der Waals surface area contributed by atoms with Gasteiger partial charge in [0.05, 0.1) is 6.04 Å². The summed E-state index contributed by atoms with van der Waals surface area (Å²) in [5, 5.41) is 11.3. The largest absolute Gasteiger partial charge is 0.343 e. The number of carbonyl (C=O) groups excluding carboxylic acids is 1. The molecule has 22 heavy (non-hydrogen) atoms. The average molecular weight is 312 g/mol. The van der Waals surface area contributed by atoms with Crippen molar-refractivity contribution in [1.82, 2.24) is 20.1 Å². The van der Waals surface area contributed by atoms with Gasteiger partial charge in [-0.3, -0.25) is 14.5 Å². The van der Waals surface area contributed by atoms with Gasteiger partial charge in [-0.15, -0.1) is 0 Å². The van der Waals surface area contributed by atoms with E-state index in [0.29, 0.717) is 5.69 Å². The smallest absolute Gasteiger partial charge is 0.272 e. The number of aromatic nitrogens is 3. The summed E-state index contributed by atoms with van der Waals surface area (Å²) in [5.41, 5.74) is 2.60. The summed E-state index contributed by atoms with van der Waals surface area (Å²) in [6.07, 6.45) is 6.00. The summed E-state index contributed by atoms with van der Waals surface area (Å²) in [4.78, 5) is 16.5. The maximum Gasteiger partial charge on any atom is 0.272 e. The third kappa shape index (κ3) is 3.40. The Balaban J connectivity index is 1.80. The molecule has 0 fully saturated rings. The molecule has 0 aromatic carbocycles. The third-order valence-corrected chi connectivity index (χ3v) is 4.09. The van der Waals surface area contributed by atoms with Crippen LogP contribution in [0, 0.1) is 0 Å². The summed E-state index contributed by atoms with van der Waals surface area (Å²) in [6, 6.07) is 7.50. The Morgan fingerprint density at radius 2 is 2.32 bits per heavy atom. The van der Waals surface area contributed by atoms with Crippen LogP contribution in [-0.2, 0) is 13.5 Å². The number of nitrogens with zero attached hydrogens (tertiary/aromatic N) is 3. The second-order valence-corrected chi connectivity index (χ2v) is 5.80. The lowest BCUT2D eigenvalue weighted by atomic mass is 10.0. The van der Waals surface area contributed by atoms with Crippen LogP contribution in [0.4, 0.5) is 0 Å². The van der Waals surface area contributed by atoms with Crippen molar-refractivity contribution in [3.05, 3.63) is 70.4 Å². The molecule has 0 aliphatic heterocycles. The van der Waals surface area contributed by atoms with E-state index in [9.17, 15) is 4.79 Å². The number of aryl methyl sites for hydroxylation is 1. The van der Waals surface area contributed by atoms with E-state index in [4.69, 9.17) is 0 Å². The fourth-order valence-electron chi connectivity index (χ4n) is 2.25. The molecule has 0 saturated heterocycles. The molecule has 0 aliphatic rings. The molecule has 5 nitrogen and oxygen atoms in total. The molecule has 112 valence electrons. The summed E-state index contributed by atoms with van der Waals surface area (Å²) in [7, 11) is 1.79. The van der Waals surface area contributed by atoms with Crippen LogP contribution >= 0.6 is 11.3 Å². The predicted octanol–water partition coefficient (Wildman–Crippen LogP) is 2.59. The number of amides is 1. The number of rotatable bonds is 5. The first kappa shape index (κ1) is 14.5. The summed E-state index contributed by atoms with van der Waals surface area (Å²) >= 11 is 1.65. The zero-order chi connectivity index (χ0) is 15.4. The molecule has 0 saturated carbocycles. The van der Waals surface area contributed by atoms with Gasteiger partial charge in [0.25, 0.3) is 5.91 Å². The molecule has 3 aromatic rings. The van der Waals surface area contributed by atoms with Crippen LogP contribution in [0.15, 0.2) is 53.6 Å². The first-order valence-corrected chi connectivity index (χ1v) is 7.88. The lowest BCUT2D eigenvalue weighted by Gasteiger charge is -2.18. The monoisotopic (exact) mass is 312 g/mol. The van der Waals surface area contributed by atoms with Crippen molar-refractivity contribution in [3.8, 4) is 0 Å². The highest BCUT2D eigenvalue weighted by molar-refractivity contribution is 7.07. The second kappa shape index (κ2) is 6.53. The van der Waals surface area contributed by atoms with Crippen molar-refractivity contribution < 1.29 is 4.79 Å². The van der Waals surface area contributed by atoms with Crippen LogP contribution in [0.25, 0.3) is 0 Å². The highest BCUT2D eigenvalue weighted by atomic mass is 32.1. The lowest BCUT2D eigenvalue weighted by molar-refractivity contribution is 0.0930. The quantitative estimate of drug-likeness (QED) is 0.788. The molecule has 6 heteroatoms. The molecular weight excluding hydrogens is 296 g/mol. The Kier molecular flexibility index (Phi) is 4.29. The van der Waals surface area contributed by atoms with Crippen LogP contribution in [-0.4, -0.2) is 20.7 Å². The van der Waals surface area contributed by atoms with E-state index < -0.39 is 0 Å². The summed E-state index contributed by atoms with van der Waals surface area (Å²) in [5.74, 6) is -0.176. The molecule has 0 radical (unpaired) electrons. The average Bonchev–Trinajstić information content (AvgIpc) is 3.19. The fraction of sp³-hybridized carbons (Fsp3) is 0.188. The first-order valence-electron chi connectivity index (χ1n) is 6.94. The van der Waals surface area contributed by atoms with Gasteiger partial charge in [-0.25, -0.2) is 0 Å². The molecule has 3 heterocycles. The van der Waals surface area contributed by atoms with E-state index in [1.807, 2.05) is 17.5 Å². The lowest BCUT2D eigenvalue weighted by Crippen LogP contribution is -2.30. The van der Waals surface area contributed by atoms with Crippen LogP contribution in [0.1, 0.15) is 27.7 Å². The standard InChI is InChI=1S/C16H16N4OS/c1-20-7-4-14(19-20)16(21)18-15(9-12-5-8-22-11-12)13-3-2-6-17-10-13/h2-8,10-11,15H,9H2,1H3,(H,18,21). The number of carbonyl (C=O) groups is 1. The molecule has 1 atom stereocenters. The maximum absolute atomic E-state index is 12.4. The van der Waals surface area contributed by atoms with Gasteiger partial charge in [0, 0.05) is 25.6 Å². The van der Waals surface area contributed by atoms with Gasteiger partial charge >= 0.3 is 0 Å². The Labute approximate surface area is 132 Å². The highest BCUT2D eigenvalue weighted by Gasteiger charge is 2.18. The van der Waals surface area contributed by atoms with E-state index in [0.717, 1.165) is 12.0 Å². The van der Waals surface area contributed by atoms with Crippen molar-refractivity contribution in [2.75, 3.05) is 0 Å². The minimum atomic E-state index is -0.176. The van der Waals surface area contributed by atoms with Crippen LogP contribution < -0.4 is 5.32 Å². The van der Waals surface area contributed by atoms with Gasteiger partial charge in [0.2, 0.25) is 0 Å². The molecule has 1 N–H and O–H groups in total. The second-order valence-electron chi connectivity index (χ2n) is 5.02. The van der Waals surface area contributed by atoms with Crippen molar-refractivity contribution >= 4 is 17.2 Å². The van der Waals surface area contributed by atoms with Gasteiger partial charge in [-0.2, -0.15) is 16.4 Å². The van der Waals surface area contributed by atoms with Gasteiger partial charge in [0.1, 0.15) is 5.69 Å². The van der Waals surface area contributed by atoms with E-state index >= 15 is 0 Å². The van der Waals surface area contributed by atoms with Gasteiger partial charge in [-0.1, -0.05) is 6.07 Å². The predicted molar refractivity (Wildman–Crippen MR) is 85.7 cm³/mol. The number of pyridine rings is 1. The zero-order valence-electron chi connectivity index (χ0n) is 12.1. The number of nitrogens with one attached hydrogen (secondary N) is 1. The number of hydrogen-bond donors (Lipinski definition) is 1. The first-order chi connectivity index (χ1) is 10.7. The number of hydrogen-bond acceptors (Lipinski definition) is 4. The van der Waals surface area contributed by atoms with Crippen molar-refractivity contribution in [1.29, 1.82) is 0 Å². The van der Waals surface area contributed by atoms with Crippen molar-refractivity contribution in [2.24, 2.45) is 7.05 Å². The van der Waals surface area contributed by atoms with Crippen LogP contribution in [0.2, 0.25) is 0 Å². The molecule has 3 aromatic heterocycles. The van der Waals surface area contributed by atoms with Gasteiger partial charge in [0.15, 0.2) is 0 Å². The Hall–Kier alpha value is -2.47. The van der Waals surface area contributed by atoms with Crippen LogP contribution in [0.5, 0.6) is 0 Å². The van der Waals surface area contributed by atoms with Crippen molar-refractivity contribution in [3.63, 3.8) is 0 Å². The van der Waals surface area contributed by atoms with E-state index in [2.05, 4.69) is 26.8 Å². The Bertz CT molecular complexity index is 737. The molecular formula is C16H16N4OS. The molecule has 0 spiro atoms. The fourth-order valence-corrected chi connectivity index (χ4v) is 2.93. The van der Waals surface area contributed by atoms with Gasteiger partial charge in [-0.05, 0) is 46.5 Å². The Morgan fingerprint density at radius 3 is 2.95 bits per heavy atom. The third-order valence-electron chi connectivity index (χ3n) is 3.36. The van der Waals surface area contributed by atoms with E-state index in [1.54, 1.807) is 47.7 Å². The number of thiophene rings is 1. The minimum Gasteiger partial charge on any atom is -0.343 e. The summed E-state index contributed by atoms with van der Waals surface area (Å²) < 4.78 is 1.62. The van der Waals surface area contributed by atoms with E-state index in [-0.39, 0.29) is 11.9 Å². The summed E-state index contributed by atoms with van der Waals surface area (Å²) in [6.45, 7) is 0. The van der Waals surface area contributed by atoms with Gasteiger partial charge < -0.3 is 5.32 Å². The highest BCUT2D eigenvalue weighted by Crippen LogP contribution is 2.19. The normalized spacial score (nSPS) is 12.0. The Morgan fingerprint density at radius 1 is 1.41 bits per heavy atom. The molecule has 0 bridgehead atoms. The SMILES string of the molecule is Cn1ccc(C(=O)NC(Cc2ccsc2)c2cccnc2)n1. The van der Waals surface area contributed by atoms with E-state index in [1.165, 1.54) is 5.56 Å². The van der Waals surface area contributed by atoms with Crippen molar-refractivity contribution in [2.45, 2.75) is 12.5 Å².